The van der Waals surface area contributed by atoms with Crippen molar-refractivity contribution in [3.63, 3.8) is 0 Å². The molecule has 0 bridgehead atoms. The first-order valence-electron chi connectivity index (χ1n) is 22.2. The predicted molar refractivity (Wildman–Crippen MR) is 224 cm³/mol. The van der Waals surface area contributed by atoms with Gasteiger partial charge in [0, 0.05) is 12.8 Å². The van der Waals surface area contributed by atoms with E-state index in [1.54, 1.807) is 0 Å². The molecule has 0 aliphatic carbocycles. The minimum absolute atomic E-state index is 0.204. The average molecular weight is 793 g/mol. The molecule has 4 N–H and O–H groups in total. The summed E-state index contributed by atoms with van der Waals surface area (Å²) < 4.78 is 22.1. The number of aliphatic hydroxyl groups is 4. The Hall–Kier alpha value is -2.34. The van der Waals surface area contributed by atoms with Gasteiger partial charge in [-0.3, -0.25) is 9.59 Å². The molecule has 1 rings (SSSR count). The van der Waals surface area contributed by atoms with Gasteiger partial charge in [-0.2, -0.15) is 0 Å². The molecule has 1 fully saturated rings. The Morgan fingerprint density at radius 2 is 1.07 bits per heavy atom. The Kier molecular flexibility index (Phi) is 34.1. The third-order valence-electron chi connectivity index (χ3n) is 10.0. The van der Waals surface area contributed by atoms with Crippen molar-refractivity contribution in [1.82, 2.24) is 0 Å². The number of carbonyl (C=O) groups is 2. The van der Waals surface area contributed by atoms with Crippen LogP contribution in [0.2, 0.25) is 0 Å². The molecule has 1 aliphatic rings. The number of hydrogen-bond donors (Lipinski definition) is 4. The van der Waals surface area contributed by atoms with Gasteiger partial charge in [0.2, 0.25) is 0 Å². The largest absolute Gasteiger partial charge is 0.462 e. The molecule has 10 nitrogen and oxygen atoms in total. The number of aliphatic hydroxyl groups excluding tert-OH is 4. The first-order chi connectivity index (χ1) is 27.3. The van der Waals surface area contributed by atoms with E-state index in [0.717, 1.165) is 70.6 Å². The standard InChI is InChI=1S/C46H80O10/c1-3-5-7-9-11-13-15-17-18-19-20-21-23-24-26-28-30-32-34-41(48)53-37-39(38-54-46-45(52)44(51)43(50)40(36-47)56-46)55-42(49)35-33-31-29-27-25-22-16-14-12-10-8-6-4-2/h6,8,10,12,14,16,20-21,39-40,43-47,50-52H,3-5,7,9,11,13,15,17-19,22-38H2,1-2H3/b8-6+,12-10+,16-14+,21-20+/t39?,40-,43+,44?,45?,46-/m0/s1. The van der Waals surface area contributed by atoms with E-state index in [4.69, 9.17) is 18.9 Å². The highest BCUT2D eigenvalue weighted by molar-refractivity contribution is 5.70. The van der Waals surface area contributed by atoms with Gasteiger partial charge in [-0.1, -0.05) is 152 Å². The number of unbranched alkanes of at least 4 members (excludes halogenated alkanes) is 19. The van der Waals surface area contributed by atoms with Crippen LogP contribution in [0.5, 0.6) is 0 Å². The van der Waals surface area contributed by atoms with E-state index in [1.807, 2.05) is 18.2 Å². The first kappa shape index (κ1) is 51.7. The van der Waals surface area contributed by atoms with Crippen LogP contribution in [-0.4, -0.2) is 89.0 Å². The second-order valence-electron chi connectivity index (χ2n) is 15.2. The van der Waals surface area contributed by atoms with E-state index in [2.05, 4.69) is 44.2 Å². The SMILES string of the molecule is CC/C=C/C=C/C=C/CCCCCCCC(=O)OC(COC(=O)CCCCCCC/C=C/CCCCCCCCCCC)CO[C@H]1O[C@@H](CO)[C@@H](O)C(O)C1O. The molecule has 0 aromatic rings. The molecule has 0 radical (unpaired) electrons. The van der Waals surface area contributed by atoms with Gasteiger partial charge in [0.25, 0.3) is 0 Å². The van der Waals surface area contributed by atoms with Crippen molar-refractivity contribution in [2.75, 3.05) is 19.8 Å². The molecular formula is C46H80O10. The summed E-state index contributed by atoms with van der Waals surface area (Å²) in [6.07, 6.45) is 35.5. The van der Waals surface area contributed by atoms with Crippen LogP contribution in [-0.2, 0) is 28.5 Å². The number of allylic oxidation sites excluding steroid dienone is 8. The number of rotatable bonds is 36. The monoisotopic (exact) mass is 793 g/mol. The normalized spacial score (nSPS) is 20.9. The number of carbonyl (C=O) groups excluding carboxylic acids is 2. The third kappa shape index (κ3) is 28.1. The van der Waals surface area contributed by atoms with Gasteiger partial charge in [0.1, 0.15) is 31.0 Å². The van der Waals surface area contributed by atoms with E-state index < -0.39 is 55.4 Å². The summed E-state index contributed by atoms with van der Waals surface area (Å²) in [6.45, 7) is 3.25. The van der Waals surface area contributed by atoms with Crippen LogP contribution in [0.3, 0.4) is 0 Å². The first-order valence-corrected chi connectivity index (χ1v) is 22.2. The molecule has 1 saturated heterocycles. The van der Waals surface area contributed by atoms with E-state index >= 15 is 0 Å². The van der Waals surface area contributed by atoms with Gasteiger partial charge in [0.05, 0.1) is 13.2 Å². The van der Waals surface area contributed by atoms with Crippen LogP contribution in [0.15, 0.2) is 48.6 Å². The van der Waals surface area contributed by atoms with E-state index in [-0.39, 0.29) is 26.1 Å². The Morgan fingerprint density at radius 3 is 1.62 bits per heavy atom. The zero-order valence-electron chi connectivity index (χ0n) is 35.1. The van der Waals surface area contributed by atoms with Crippen LogP contribution >= 0.6 is 0 Å². The number of ether oxygens (including phenoxy) is 4. The van der Waals surface area contributed by atoms with E-state index in [0.29, 0.717) is 12.8 Å². The fraction of sp³-hybridized carbons (Fsp3) is 0.783. The maximum absolute atomic E-state index is 12.7. The molecule has 0 aromatic heterocycles. The highest BCUT2D eigenvalue weighted by Crippen LogP contribution is 2.22. The van der Waals surface area contributed by atoms with Crippen molar-refractivity contribution in [3.8, 4) is 0 Å². The lowest BCUT2D eigenvalue weighted by atomic mass is 9.99. The molecule has 0 aromatic carbocycles. The molecule has 6 atom stereocenters. The molecule has 0 spiro atoms. The molecule has 0 saturated carbocycles. The van der Waals surface area contributed by atoms with Crippen LogP contribution in [0.25, 0.3) is 0 Å². The zero-order chi connectivity index (χ0) is 40.9. The van der Waals surface area contributed by atoms with Crippen molar-refractivity contribution in [3.05, 3.63) is 48.6 Å². The van der Waals surface area contributed by atoms with E-state index in [9.17, 15) is 30.0 Å². The minimum Gasteiger partial charge on any atom is -0.462 e. The quantitative estimate of drug-likeness (QED) is 0.0209. The lowest BCUT2D eigenvalue weighted by Gasteiger charge is -2.39. The molecule has 1 aliphatic heterocycles. The smallest absolute Gasteiger partial charge is 0.306 e. The van der Waals surface area contributed by atoms with Gasteiger partial charge >= 0.3 is 11.9 Å². The van der Waals surface area contributed by atoms with Crippen LogP contribution in [0, 0.1) is 0 Å². The van der Waals surface area contributed by atoms with E-state index in [1.165, 1.54) is 64.2 Å². The summed E-state index contributed by atoms with van der Waals surface area (Å²) in [5.41, 5.74) is 0. The summed E-state index contributed by atoms with van der Waals surface area (Å²) in [5.74, 6) is -0.842. The van der Waals surface area contributed by atoms with Crippen molar-refractivity contribution in [2.45, 2.75) is 211 Å². The second kappa shape index (κ2) is 37.0. The highest BCUT2D eigenvalue weighted by atomic mass is 16.7. The van der Waals surface area contributed by atoms with Gasteiger partial charge in [-0.25, -0.2) is 0 Å². The Labute approximate surface area is 339 Å². The molecule has 10 heteroatoms. The fourth-order valence-electron chi connectivity index (χ4n) is 6.48. The third-order valence-corrected chi connectivity index (χ3v) is 10.0. The van der Waals surface area contributed by atoms with Crippen molar-refractivity contribution in [1.29, 1.82) is 0 Å². The molecule has 324 valence electrons. The summed E-state index contributed by atoms with van der Waals surface area (Å²) in [7, 11) is 0. The van der Waals surface area contributed by atoms with Crippen LogP contribution in [0.4, 0.5) is 0 Å². The van der Waals surface area contributed by atoms with Crippen LogP contribution < -0.4 is 0 Å². The van der Waals surface area contributed by atoms with Gasteiger partial charge in [0.15, 0.2) is 12.4 Å². The number of hydrogen-bond acceptors (Lipinski definition) is 10. The molecule has 1 heterocycles. The average Bonchev–Trinajstić information content (AvgIpc) is 3.19. The minimum atomic E-state index is -1.60. The van der Waals surface area contributed by atoms with Crippen molar-refractivity contribution < 1.29 is 49.0 Å². The van der Waals surface area contributed by atoms with Crippen molar-refractivity contribution >= 4 is 11.9 Å². The Balaban J connectivity index is 2.33. The van der Waals surface area contributed by atoms with Gasteiger partial charge in [-0.15, -0.1) is 0 Å². The molecule has 56 heavy (non-hydrogen) atoms. The molecule has 0 amide bonds. The van der Waals surface area contributed by atoms with Crippen LogP contribution in [0.1, 0.15) is 174 Å². The summed E-state index contributed by atoms with van der Waals surface area (Å²) in [4.78, 5) is 25.3. The lowest BCUT2D eigenvalue weighted by Crippen LogP contribution is -2.59. The predicted octanol–water partition coefficient (Wildman–Crippen LogP) is 9.27. The highest BCUT2D eigenvalue weighted by Gasteiger charge is 2.44. The fourth-order valence-corrected chi connectivity index (χ4v) is 6.48. The Morgan fingerprint density at radius 1 is 0.571 bits per heavy atom. The topological polar surface area (TPSA) is 152 Å². The maximum Gasteiger partial charge on any atom is 0.306 e. The summed E-state index contributed by atoms with van der Waals surface area (Å²) in [5, 5.41) is 40.0. The lowest BCUT2D eigenvalue weighted by molar-refractivity contribution is -0.305. The zero-order valence-corrected chi connectivity index (χ0v) is 35.1. The second-order valence-corrected chi connectivity index (χ2v) is 15.2. The Bertz CT molecular complexity index is 1050. The number of esters is 2. The van der Waals surface area contributed by atoms with Gasteiger partial charge < -0.3 is 39.4 Å². The maximum atomic E-state index is 12.7. The molecular weight excluding hydrogens is 712 g/mol. The van der Waals surface area contributed by atoms with Crippen molar-refractivity contribution in [2.24, 2.45) is 0 Å². The summed E-state index contributed by atoms with van der Waals surface area (Å²) in [6, 6.07) is 0. The molecule has 3 unspecified atom stereocenters. The van der Waals surface area contributed by atoms with Gasteiger partial charge in [-0.05, 0) is 57.8 Å². The summed E-state index contributed by atoms with van der Waals surface area (Å²) >= 11 is 0.